The molecule has 7 heteroatoms. The Labute approximate surface area is 212 Å². The van der Waals surface area contributed by atoms with E-state index in [0.717, 1.165) is 46.9 Å². The van der Waals surface area contributed by atoms with Crippen LogP contribution in [0.5, 0.6) is 11.5 Å². The summed E-state index contributed by atoms with van der Waals surface area (Å²) in [5.41, 5.74) is 4.14. The fourth-order valence-electron chi connectivity index (χ4n) is 4.67. The molecule has 0 radical (unpaired) electrons. The van der Waals surface area contributed by atoms with Gasteiger partial charge in [-0.2, -0.15) is 0 Å². The molecular weight excluding hydrogens is 454 g/mol. The van der Waals surface area contributed by atoms with Crippen LogP contribution in [0.1, 0.15) is 51.6 Å². The number of amides is 2. The van der Waals surface area contributed by atoms with E-state index in [2.05, 4.69) is 5.32 Å². The first-order valence-corrected chi connectivity index (χ1v) is 12.3. The molecule has 188 valence electrons. The van der Waals surface area contributed by atoms with E-state index in [1.165, 1.54) is 0 Å². The van der Waals surface area contributed by atoms with E-state index in [1.54, 1.807) is 14.2 Å². The molecule has 3 aromatic rings. The molecule has 0 atom stereocenters. The highest BCUT2D eigenvalue weighted by Gasteiger charge is 2.28. The number of rotatable bonds is 8. The lowest BCUT2D eigenvalue weighted by molar-refractivity contribution is -0.131. The number of hydrogen-bond acceptors (Lipinski definition) is 5. The lowest BCUT2D eigenvalue weighted by Crippen LogP contribution is -2.39. The number of carbonyl (C=O) groups excluding carboxylic acids is 2. The van der Waals surface area contributed by atoms with Crippen molar-refractivity contribution in [2.45, 2.75) is 38.6 Å². The zero-order valence-electron chi connectivity index (χ0n) is 21.1. The molecule has 1 aliphatic rings. The van der Waals surface area contributed by atoms with Gasteiger partial charge in [0.15, 0.2) is 0 Å². The average molecular weight is 488 g/mol. The third-order valence-electron chi connectivity index (χ3n) is 6.66. The van der Waals surface area contributed by atoms with Gasteiger partial charge in [-0.15, -0.1) is 0 Å². The number of aromatic nitrogens is 1. The van der Waals surface area contributed by atoms with Crippen molar-refractivity contribution < 1.29 is 19.1 Å². The average Bonchev–Trinajstić information content (AvgIpc) is 2.92. The van der Waals surface area contributed by atoms with Crippen LogP contribution >= 0.6 is 0 Å². The van der Waals surface area contributed by atoms with Crippen LogP contribution in [-0.2, 0) is 17.8 Å². The summed E-state index contributed by atoms with van der Waals surface area (Å²) in [7, 11) is 3.24. The van der Waals surface area contributed by atoms with Gasteiger partial charge in [0.25, 0.3) is 5.91 Å². The molecule has 1 aliphatic heterocycles. The maximum absolute atomic E-state index is 13.2. The van der Waals surface area contributed by atoms with Gasteiger partial charge in [0.2, 0.25) is 5.91 Å². The highest BCUT2D eigenvalue weighted by Crippen LogP contribution is 2.30. The van der Waals surface area contributed by atoms with Crippen LogP contribution in [0.25, 0.3) is 0 Å². The van der Waals surface area contributed by atoms with Crippen LogP contribution in [0.3, 0.4) is 0 Å². The standard InChI is InChI=1S/C29H33N3O4/c1-20-11-12-25(29(34)30-19-23-8-4-5-10-26(23)36-3)28(31-20)22-13-15-32(16-14-22)27(33)18-21-7-6-9-24(17-21)35-2/h4-12,17,22H,13-16,18-19H2,1-3H3,(H,30,34). The molecule has 0 saturated carbocycles. The van der Waals surface area contributed by atoms with Crippen molar-refractivity contribution in [3.05, 3.63) is 88.7 Å². The van der Waals surface area contributed by atoms with Gasteiger partial charge in [-0.25, -0.2) is 0 Å². The molecule has 2 amide bonds. The smallest absolute Gasteiger partial charge is 0.253 e. The van der Waals surface area contributed by atoms with Crippen LogP contribution in [0, 0.1) is 6.92 Å². The number of pyridine rings is 1. The van der Waals surface area contributed by atoms with Gasteiger partial charge in [-0.05, 0) is 55.7 Å². The molecule has 1 N–H and O–H groups in total. The molecule has 0 unspecified atom stereocenters. The molecule has 0 bridgehead atoms. The molecule has 1 fully saturated rings. The van der Waals surface area contributed by atoms with Gasteiger partial charge in [0.05, 0.1) is 31.9 Å². The van der Waals surface area contributed by atoms with Gasteiger partial charge in [0, 0.05) is 36.8 Å². The minimum atomic E-state index is -0.153. The van der Waals surface area contributed by atoms with Crippen molar-refractivity contribution in [2.24, 2.45) is 0 Å². The van der Waals surface area contributed by atoms with Gasteiger partial charge in [-0.1, -0.05) is 30.3 Å². The number of nitrogens with zero attached hydrogens (tertiary/aromatic N) is 2. The van der Waals surface area contributed by atoms with Gasteiger partial charge in [0.1, 0.15) is 11.5 Å². The number of hydrogen-bond donors (Lipinski definition) is 1. The van der Waals surface area contributed by atoms with Crippen molar-refractivity contribution in [2.75, 3.05) is 27.3 Å². The Bertz CT molecular complexity index is 1220. The highest BCUT2D eigenvalue weighted by atomic mass is 16.5. The molecular formula is C29H33N3O4. The molecule has 0 aliphatic carbocycles. The second kappa shape index (κ2) is 11.7. The third-order valence-corrected chi connectivity index (χ3v) is 6.66. The van der Waals surface area contributed by atoms with E-state index in [4.69, 9.17) is 14.5 Å². The summed E-state index contributed by atoms with van der Waals surface area (Å²) in [6.45, 7) is 3.59. The summed E-state index contributed by atoms with van der Waals surface area (Å²) < 4.78 is 10.7. The van der Waals surface area contributed by atoms with Crippen LogP contribution in [0.15, 0.2) is 60.7 Å². The number of methoxy groups -OCH3 is 2. The Morgan fingerprint density at radius 2 is 1.78 bits per heavy atom. The first-order chi connectivity index (χ1) is 17.5. The molecule has 7 nitrogen and oxygen atoms in total. The van der Waals surface area contributed by atoms with Crippen LogP contribution in [0.4, 0.5) is 0 Å². The Hall–Kier alpha value is -3.87. The van der Waals surface area contributed by atoms with Crippen molar-refractivity contribution in [1.29, 1.82) is 0 Å². The Kier molecular flexibility index (Phi) is 8.21. The zero-order chi connectivity index (χ0) is 25.5. The number of carbonyl (C=O) groups is 2. The quantitative estimate of drug-likeness (QED) is 0.513. The molecule has 4 rings (SSSR count). The SMILES string of the molecule is COc1cccc(CC(=O)N2CCC(c3nc(C)ccc3C(=O)NCc3ccccc3OC)CC2)c1. The number of piperidine rings is 1. The van der Waals surface area contributed by atoms with Crippen LogP contribution in [0.2, 0.25) is 0 Å². The second-order valence-corrected chi connectivity index (χ2v) is 9.06. The number of likely N-dealkylation sites (tertiary alicyclic amines) is 1. The fourth-order valence-corrected chi connectivity index (χ4v) is 4.67. The number of benzene rings is 2. The number of ether oxygens (including phenoxy) is 2. The van der Waals surface area contributed by atoms with E-state index in [1.807, 2.05) is 72.5 Å². The maximum Gasteiger partial charge on any atom is 0.253 e. The lowest BCUT2D eigenvalue weighted by atomic mass is 9.89. The van der Waals surface area contributed by atoms with Gasteiger partial charge < -0.3 is 19.7 Å². The van der Waals surface area contributed by atoms with E-state index in [-0.39, 0.29) is 17.7 Å². The number of nitrogens with one attached hydrogen (secondary N) is 1. The summed E-state index contributed by atoms with van der Waals surface area (Å²) in [6.07, 6.45) is 1.89. The van der Waals surface area contributed by atoms with E-state index in [9.17, 15) is 9.59 Å². The molecule has 2 heterocycles. The summed E-state index contributed by atoms with van der Waals surface area (Å²) in [5.74, 6) is 1.57. The van der Waals surface area contributed by atoms with Crippen LogP contribution < -0.4 is 14.8 Å². The zero-order valence-corrected chi connectivity index (χ0v) is 21.1. The Morgan fingerprint density at radius 3 is 2.53 bits per heavy atom. The molecule has 2 aromatic carbocycles. The van der Waals surface area contributed by atoms with E-state index < -0.39 is 0 Å². The first kappa shape index (κ1) is 25.2. The normalized spacial score (nSPS) is 13.8. The predicted octanol–water partition coefficient (Wildman–Crippen LogP) is 4.29. The Balaban J connectivity index is 1.40. The number of para-hydroxylation sites is 1. The van der Waals surface area contributed by atoms with Gasteiger partial charge in [-0.3, -0.25) is 14.6 Å². The second-order valence-electron chi connectivity index (χ2n) is 9.06. The summed E-state index contributed by atoms with van der Waals surface area (Å²) in [6, 6.07) is 19.0. The minimum Gasteiger partial charge on any atom is -0.497 e. The Morgan fingerprint density at radius 1 is 1.00 bits per heavy atom. The van der Waals surface area contributed by atoms with Crippen molar-refractivity contribution in [3.63, 3.8) is 0 Å². The molecule has 0 spiro atoms. The number of aryl methyl sites for hydroxylation is 1. The summed E-state index contributed by atoms with van der Waals surface area (Å²) in [4.78, 5) is 32.7. The maximum atomic E-state index is 13.2. The topological polar surface area (TPSA) is 80.8 Å². The summed E-state index contributed by atoms with van der Waals surface area (Å²) in [5, 5.41) is 3.02. The van der Waals surface area contributed by atoms with Crippen molar-refractivity contribution in [1.82, 2.24) is 15.2 Å². The summed E-state index contributed by atoms with van der Waals surface area (Å²) >= 11 is 0. The monoisotopic (exact) mass is 487 g/mol. The van der Waals surface area contributed by atoms with Gasteiger partial charge >= 0.3 is 0 Å². The van der Waals surface area contributed by atoms with E-state index in [0.29, 0.717) is 31.6 Å². The minimum absolute atomic E-state index is 0.105. The largest absolute Gasteiger partial charge is 0.497 e. The molecule has 36 heavy (non-hydrogen) atoms. The van der Waals surface area contributed by atoms with Crippen LogP contribution in [-0.4, -0.2) is 49.0 Å². The lowest BCUT2D eigenvalue weighted by Gasteiger charge is -2.32. The third kappa shape index (κ3) is 6.03. The molecule has 1 aromatic heterocycles. The highest BCUT2D eigenvalue weighted by molar-refractivity contribution is 5.95. The predicted molar refractivity (Wildman–Crippen MR) is 138 cm³/mol. The van der Waals surface area contributed by atoms with E-state index >= 15 is 0 Å². The fraction of sp³-hybridized carbons (Fsp3) is 0.345. The van der Waals surface area contributed by atoms with Crippen molar-refractivity contribution in [3.8, 4) is 11.5 Å². The van der Waals surface area contributed by atoms with Crippen molar-refractivity contribution >= 4 is 11.8 Å². The molecule has 1 saturated heterocycles. The first-order valence-electron chi connectivity index (χ1n) is 12.3.